The Balaban J connectivity index is 2.13. The molecular weight excluding hydrogens is 318 g/mol. The van der Waals surface area contributed by atoms with Crippen LogP contribution < -0.4 is 11.1 Å². The number of aromatic nitrogens is 2. The van der Waals surface area contributed by atoms with Gasteiger partial charge in [-0.1, -0.05) is 0 Å². The molecule has 0 radical (unpaired) electrons. The largest absolute Gasteiger partial charge is 0.366 e. The lowest BCUT2D eigenvalue weighted by Gasteiger charge is -2.11. The minimum Gasteiger partial charge on any atom is -0.366 e. The molecule has 0 saturated carbocycles. The number of sulfone groups is 1. The second-order valence-electron chi connectivity index (χ2n) is 5.33. The number of nitrogens with two attached hydrogens (primary N) is 1. The number of H-pyrrole nitrogens is 1. The number of carbonyl (C=O) groups is 1. The molecule has 0 bridgehead atoms. The van der Waals surface area contributed by atoms with Gasteiger partial charge in [0.15, 0.2) is 9.84 Å². The van der Waals surface area contributed by atoms with E-state index in [0.29, 0.717) is 28.2 Å². The van der Waals surface area contributed by atoms with Crippen molar-refractivity contribution in [2.24, 2.45) is 5.73 Å². The van der Waals surface area contributed by atoms with Crippen LogP contribution in [0, 0.1) is 11.3 Å². The van der Waals surface area contributed by atoms with Gasteiger partial charge in [0.1, 0.15) is 11.1 Å². The van der Waals surface area contributed by atoms with Crippen LogP contribution in [0.5, 0.6) is 0 Å². The van der Waals surface area contributed by atoms with E-state index < -0.39 is 21.1 Å². The number of nitriles is 1. The summed E-state index contributed by atoms with van der Waals surface area (Å²) in [5.74, 6) is -0.654. The predicted octanol–water partition coefficient (Wildman–Crippen LogP) is 0.386. The first-order chi connectivity index (χ1) is 10.8. The molecule has 2 heterocycles. The van der Waals surface area contributed by atoms with Crippen molar-refractivity contribution in [3.8, 4) is 17.3 Å². The molecule has 3 rings (SSSR count). The summed E-state index contributed by atoms with van der Waals surface area (Å²) in [6.45, 7) is 0. The monoisotopic (exact) mass is 331 g/mol. The Morgan fingerprint density at radius 3 is 2.83 bits per heavy atom. The van der Waals surface area contributed by atoms with Crippen LogP contribution in [-0.4, -0.2) is 36.2 Å². The Kier molecular flexibility index (Phi) is 3.34. The normalized spacial score (nSPS) is 16.4. The van der Waals surface area contributed by atoms with Gasteiger partial charge in [0.25, 0.3) is 0 Å². The summed E-state index contributed by atoms with van der Waals surface area (Å²) in [6, 6.07) is 6.44. The third-order valence-corrected chi connectivity index (χ3v) is 5.04. The second-order valence-corrected chi connectivity index (χ2v) is 7.56. The van der Waals surface area contributed by atoms with Crippen molar-refractivity contribution >= 4 is 21.4 Å². The van der Waals surface area contributed by atoms with Crippen molar-refractivity contribution in [2.45, 2.75) is 11.8 Å². The van der Waals surface area contributed by atoms with Crippen molar-refractivity contribution in [3.05, 3.63) is 35.0 Å². The second kappa shape index (κ2) is 5.10. The number of fused-ring (bicyclic) bond motifs is 1. The average molecular weight is 331 g/mol. The summed E-state index contributed by atoms with van der Waals surface area (Å²) >= 11 is 0. The van der Waals surface area contributed by atoms with Gasteiger partial charge in [0.2, 0.25) is 5.91 Å². The molecule has 8 nitrogen and oxygen atoms in total. The van der Waals surface area contributed by atoms with Crippen LogP contribution in [-0.2, 0) is 16.3 Å². The lowest BCUT2D eigenvalue weighted by Crippen LogP contribution is -2.26. The van der Waals surface area contributed by atoms with Gasteiger partial charge in [0, 0.05) is 23.8 Å². The Morgan fingerprint density at radius 2 is 2.22 bits per heavy atom. The Hall–Kier alpha value is -2.86. The Bertz CT molecular complexity index is 955. The molecule has 2 aromatic rings. The van der Waals surface area contributed by atoms with Gasteiger partial charge in [-0.05, 0) is 18.2 Å². The first-order valence-corrected chi connectivity index (χ1v) is 8.63. The number of hydrogen-bond acceptors (Lipinski definition) is 6. The summed E-state index contributed by atoms with van der Waals surface area (Å²) in [5, 5.41) is 18.1. The first kappa shape index (κ1) is 15.1. The maximum Gasteiger partial charge on any atom is 0.249 e. The van der Waals surface area contributed by atoms with Crippen LogP contribution in [0.15, 0.2) is 18.2 Å². The minimum atomic E-state index is -3.28. The molecule has 118 valence electrons. The third kappa shape index (κ3) is 2.53. The highest BCUT2D eigenvalue weighted by molar-refractivity contribution is 7.91. The topological polar surface area (TPSA) is 142 Å². The fourth-order valence-electron chi connectivity index (χ4n) is 2.56. The van der Waals surface area contributed by atoms with Crippen molar-refractivity contribution in [1.82, 2.24) is 10.2 Å². The van der Waals surface area contributed by atoms with E-state index in [1.807, 2.05) is 6.07 Å². The number of rotatable bonds is 3. The maximum atomic E-state index is 11.7. The van der Waals surface area contributed by atoms with E-state index in [1.165, 1.54) is 18.2 Å². The molecule has 1 atom stereocenters. The number of nitrogens with one attached hydrogen (secondary N) is 2. The maximum absolute atomic E-state index is 11.7. The van der Waals surface area contributed by atoms with Gasteiger partial charge in [-0.15, -0.1) is 0 Å². The Labute approximate surface area is 132 Å². The fourth-order valence-corrected chi connectivity index (χ4v) is 3.36. The lowest BCUT2D eigenvalue weighted by atomic mass is 10.00. The zero-order valence-electron chi connectivity index (χ0n) is 12.1. The zero-order chi connectivity index (χ0) is 16.8. The number of nitrogens with zero attached hydrogens (tertiary/aromatic N) is 2. The number of benzene rings is 1. The van der Waals surface area contributed by atoms with Gasteiger partial charge in [-0.3, -0.25) is 9.89 Å². The number of aromatic amines is 1. The molecule has 0 aliphatic carbocycles. The molecule has 23 heavy (non-hydrogen) atoms. The van der Waals surface area contributed by atoms with Gasteiger partial charge in [0.05, 0.1) is 23.0 Å². The summed E-state index contributed by atoms with van der Waals surface area (Å²) < 4.78 is 23.4. The van der Waals surface area contributed by atoms with E-state index >= 15 is 0 Å². The molecule has 1 unspecified atom stereocenters. The predicted molar refractivity (Wildman–Crippen MR) is 83.2 cm³/mol. The summed E-state index contributed by atoms with van der Waals surface area (Å²) in [6.07, 6.45) is 1.40. The molecule has 1 amide bonds. The van der Waals surface area contributed by atoms with Gasteiger partial charge < -0.3 is 11.1 Å². The van der Waals surface area contributed by atoms with Gasteiger partial charge in [-0.2, -0.15) is 10.4 Å². The van der Waals surface area contributed by atoms with Crippen LogP contribution in [0.2, 0.25) is 0 Å². The zero-order valence-corrected chi connectivity index (χ0v) is 12.9. The highest BCUT2D eigenvalue weighted by atomic mass is 32.2. The SMILES string of the molecule is CS(=O)(=O)C1Cc2[nH]nc(-c3cc(C#N)ccc3C(N)=O)c2N1. The Morgan fingerprint density at radius 1 is 1.48 bits per heavy atom. The van der Waals surface area contributed by atoms with Gasteiger partial charge in [-0.25, -0.2) is 8.42 Å². The fraction of sp³-hybridized carbons (Fsp3) is 0.214. The number of primary amides is 1. The summed E-state index contributed by atoms with van der Waals surface area (Å²) in [7, 11) is -3.28. The van der Waals surface area contributed by atoms with Crippen molar-refractivity contribution in [3.63, 3.8) is 0 Å². The third-order valence-electron chi connectivity index (χ3n) is 3.72. The standard InChI is InChI=1S/C14H13N5O3S/c1-23(21,22)11-5-10-13(17-11)12(19-18-10)9-4-7(6-15)2-3-8(9)14(16)20/h2-4,11,17H,5H2,1H3,(H2,16,20)(H,18,19). The van der Waals surface area contributed by atoms with Crippen LogP contribution in [0.4, 0.5) is 5.69 Å². The summed E-state index contributed by atoms with van der Waals surface area (Å²) in [5.41, 5.74) is 7.84. The van der Waals surface area contributed by atoms with Crippen LogP contribution in [0.1, 0.15) is 21.6 Å². The van der Waals surface area contributed by atoms with Crippen LogP contribution in [0.25, 0.3) is 11.3 Å². The van der Waals surface area contributed by atoms with Crippen LogP contribution in [0.3, 0.4) is 0 Å². The molecule has 1 aliphatic rings. The van der Waals surface area contributed by atoms with Gasteiger partial charge >= 0.3 is 0 Å². The van der Waals surface area contributed by atoms with E-state index in [9.17, 15) is 13.2 Å². The van der Waals surface area contributed by atoms with E-state index in [0.717, 1.165) is 6.26 Å². The van der Waals surface area contributed by atoms with E-state index in [-0.39, 0.29) is 12.0 Å². The van der Waals surface area contributed by atoms with Crippen LogP contribution >= 0.6 is 0 Å². The molecule has 9 heteroatoms. The molecular formula is C14H13N5O3S. The number of amides is 1. The molecule has 1 aliphatic heterocycles. The van der Waals surface area contributed by atoms with Crippen molar-refractivity contribution in [1.29, 1.82) is 5.26 Å². The first-order valence-electron chi connectivity index (χ1n) is 6.68. The number of carbonyl (C=O) groups excluding carboxylic acids is 1. The summed E-state index contributed by atoms with van der Waals surface area (Å²) in [4.78, 5) is 11.6. The molecule has 4 N–H and O–H groups in total. The van der Waals surface area contributed by atoms with E-state index in [2.05, 4.69) is 15.5 Å². The highest BCUT2D eigenvalue weighted by Gasteiger charge is 2.33. The molecule has 1 aromatic carbocycles. The lowest BCUT2D eigenvalue weighted by molar-refractivity contribution is 0.100. The minimum absolute atomic E-state index is 0.211. The highest BCUT2D eigenvalue weighted by Crippen LogP contribution is 2.37. The molecule has 0 spiro atoms. The van der Waals surface area contributed by atoms with E-state index in [4.69, 9.17) is 11.0 Å². The quantitative estimate of drug-likeness (QED) is 0.742. The van der Waals surface area contributed by atoms with Crippen molar-refractivity contribution in [2.75, 3.05) is 11.6 Å². The molecule has 0 fully saturated rings. The molecule has 1 aromatic heterocycles. The smallest absolute Gasteiger partial charge is 0.249 e. The molecule has 0 saturated heterocycles. The number of anilines is 1. The van der Waals surface area contributed by atoms with E-state index in [1.54, 1.807) is 0 Å². The average Bonchev–Trinajstić information content (AvgIpc) is 3.05. The number of hydrogen-bond donors (Lipinski definition) is 3. The van der Waals surface area contributed by atoms with Crippen molar-refractivity contribution < 1.29 is 13.2 Å².